The molecule has 0 bridgehead atoms. The molecule has 1 saturated heterocycles. The molecule has 0 saturated carbocycles. The molecule has 3 aliphatic rings. The zero-order valence-corrected chi connectivity index (χ0v) is 22.8. The van der Waals surface area contributed by atoms with Gasteiger partial charge in [-0.2, -0.15) is 4.68 Å². The van der Waals surface area contributed by atoms with Crippen molar-refractivity contribution in [1.29, 1.82) is 0 Å². The number of likely N-dealkylation sites (tertiary alicyclic amines) is 1. The van der Waals surface area contributed by atoms with E-state index in [1.807, 2.05) is 31.3 Å². The Morgan fingerprint density at radius 1 is 1.12 bits per heavy atom. The van der Waals surface area contributed by atoms with Crippen LogP contribution in [0.2, 0.25) is 0 Å². The molecule has 1 amide bonds. The van der Waals surface area contributed by atoms with Gasteiger partial charge >= 0.3 is 5.97 Å². The van der Waals surface area contributed by atoms with Gasteiger partial charge in [0.15, 0.2) is 17.3 Å². The summed E-state index contributed by atoms with van der Waals surface area (Å²) in [6.45, 7) is 4.01. The van der Waals surface area contributed by atoms with Crippen LogP contribution < -0.4 is 14.2 Å². The number of esters is 1. The Balaban J connectivity index is 1.35. The predicted molar refractivity (Wildman–Crippen MR) is 142 cm³/mol. The fourth-order valence-electron chi connectivity index (χ4n) is 5.88. The maximum absolute atomic E-state index is 13.8. The molecular formula is C28H32N6O6. The van der Waals surface area contributed by atoms with E-state index >= 15 is 0 Å². The molecule has 0 aliphatic carbocycles. The van der Waals surface area contributed by atoms with E-state index in [9.17, 15) is 9.59 Å². The molecule has 0 N–H and O–H groups in total. The maximum atomic E-state index is 13.8. The first kappa shape index (κ1) is 26.1. The van der Waals surface area contributed by atoms with Gasteiger partial charge in [0.25, 0.3) is 5.91 Å². The fraction of sp³-hybridized carbons (Fsp3) is 0.464. The van der Waals surface area contributed by atoms with Crippen LogP contribution in [0.5, 0.6) is 17.2 Å². The largest absolute Gasteiger partial charge is 0.492 e. The van der Waals surface area contributed by atoms with Gasteiger partial charge in [-0.3, -0.25) is 14.5 Å². The number of piperidine rings is 1. The number of benzene rings is 2. The lowest BCUT2D eigenvalue weighted by Gasteiger charge is -2.35. The number of aromatic nitrogens is 4. The number of tetrazole rings is 1. The van der Waals surface area contributed by atoms with Gasteiger partial charge in [0.2, 0.25) is 12.5 Å². The van der Waals surface area contributed by atoms with Crippen LogP contribution in [0.25, 0.3) is 5.69 Å². The van der Waals surface area contributed by atoms with Crippen LogP contribution in [0.4, 0.5) is 0 Å². The van der Waals surface area contributed by atoms with Crippen molar-refractivity contribution < 1.29 is 28.5 Å². The van der Waals surface area contributed by atoms with Crippen molar-refractivity contribution in [2.24, 2.45) is 5.92 Å². The smallest absolute Gasteiger partial charge is 0.309 e. The lowest BCUT2D eigenvalue weighted by molar-refractivity contribution is -0.149. The summed E-state index contributed by atoms with van der Waals surface area (Å²) in [5.74, 6) is 1.90. The minimum absolute atomic E-state index is 0.127. The van der Waals surface area contributed by atoms with E-state index in [0.29, 0.717) is 66.9 Å². The molecule has 40 heavy (non-hydrogen) atoms. The van der Waals surface area contributed by atoms with Gasteiger partial charge in [0, 0.05) is 25.2 Å². The number of carbonyl (C=O) groups is 2. The molecule has 1 fully saturated rings. The summed E-state index contributed by atoms with van der Waals surface area (Å²) in [7, 11) is 3.63. The van der Waals surface area contributed by atoms with E-state index in [0.717, 1.165) is 24.1 Å². The van der Waals surface area contributed by atoms with Crippen molar-refractivity contribution in [1.82, 2.24) is 30.0 Å². The van der Waals surface area contributed by atoms with Gasteiger partial charge in [-0.1, -0.05) is 12.1 Å². The van der Waals surface area contributed by atoms with Crippen LogP contribution in [-0.2, 0) is 16.0 Å². The highest BCUT2D eigenvalue weighted by Gasteiger charge is 2.38. The number of nitrogens with zero attached hydrogens (tertiary/aromatic N) is 6. The van der Waals surface area contributed by atoms with Gasteiger partial charge in [0.05, 0.1) is 30.9 Å². The second-order valence-corrected chi connectivity index (χ2v) is 10.1. The molecule has 0 spiro atoms. The average molecular weight is 549 g/mol. The first-order valence-electron chi connectivity index (χ1n) is 13.5. The Bertz CT molecular complexity index is 1430. The summed E-state index contributed by atoms with van der Waals surface area (Å²) >= 11 is 0. The van der Waals surface area contributed by atoms with E-state index in [4.69, 9.17) is 18.9 Å². The number of carbonyl (C=O) groups excluding carboxylic acids is 2. The number of para-hydroxylation sites is 1. The van der Waals surface area contributed by atoms with Gasteiger partial charge in [-0.05, 0) is 67.4 Å². The van der Waals surface area contributed by atoms with Gasteiger partial charge in [0.1, 0.15) is 6.04 Å². The average Bonchev–Trinajstić information content (AvgIpc) is 3.66. The van der Waals surface area contributed by atoms with Crippen molar-refractivity contribution in [2.45, 2.75) is 32.2 Å². The molecule has 210 valence electrons. The van der Waals surface area contributed by atoms with Crippen LogP contribution in [-0.4, -0.2) is 89.1 Å². The zero-order chi connectivity index (χ0) is 27.8. The van der Waals surface area contributed by atoms with Crippen molar-refractivity contribution in [3.05, 3.63) is 52.8 Å². The fourth-order valence-corrected chi connectivity index (χ4v) is 5.88. The SMILES string of the molecule is CCOC(=O)C1CCN(C(=O)c2ccccc2-n2nnnc2[C@H]2c3c(cc4c(c3OC)OCO4)CCN2C)CC1. The number of hydrogen-bond donors (Lipinski definition) is 0. The van der Waals surface area contributed by atoms with Crippen molar-refractivity contribution >= 4 is 11.9 Å². The van der Waals surface area contributed by atoms with E-state index < -0.39 is 0 Å². The number of ether oxygens (including phenoxy) is 4. The molecule has 3 aliphatic heterocycles. The minimum atomic E-state index is -0.355. The number of fused-ring (bicyclic) bond motifs is 2. The molecular weight excluding hydrogens is 516 g/mol. The lowest BCUT2D eigenvalue weighted by atomic mass is 9.90. The third kappa shape index (κ3) is 4.41. The monoisotopic (exact) mass is 548 g/mol. The molecule has 0 unspecified atom stereocenters. The number of rotatable bonds is 6. The molecule has 12 nitrogen and oxygen atoms in total. The standard InChI is InChI=1S/C28H32N6O6/c1-4-38-28(36)17-10-13-33(14-11-17)27(35)19-7-5-6-8-20(19)34-26(29-30-31-34)23-22-18(9-12-32(23)2)15-21-24(25(22)37-3)40-16-39-21/h5-8,15,17,23H,4,9-14,16H2,1-3H3/t23-/m1/s1. The van der Waals surface area contributed by atoms with Crippen LogP contribution in [0, 0.1) is 5.92 Å². The van der Waals surface area contributed by atoms with Crippen LogP contribution >= 0.6 is 0 Å². The molecule has 4 heterocycles. The normalized spacial score (nSPS) is 18.9. The van der Waals surface area contributed by atoms with E-state index in [1.165, 1.54) is 0 Å². The third-order valence-corrected chi connectivity index (χ3v) is 7.90. The summed E-state index contributed by atoms with van der Waals surface area (Å²) in [4.78, 5) is 29.9. The second-order valence-electron chi connectivity index (χ2n) is 10.1. The Kier molecular flexibility index (Phi) is 7.01. The van der Waals surface area contributed by atoms with E-state index in [-0.39, 0.29) is 30.6 Å². The lowest BCUT2D eigenvalue weighted by Crippen LogP contribution is -2.41. The summed E-state index contributed by atoms with van der Waals surface area (Å²) in [6.07, 6.45) is 1.94. The molecule has 6 rings (SSSR count). The van der Waals surface area contributed by atoms with Crippen molar-refractivity contribution in [3.63, 3.8) is 0 Å². The topological polar surface area (TPSA) is 121 Å². The molecule has 1 atom stereocenters. The minimum Gasteiger partial charge on any atom is -0.492 e. The molecule has 12 heteroatoms. The van der Waals surface area contributed by atoms with E-state index in [2.05, 4.69) is 20.4 Å². The van der Waals surface area contributed by atoms with Crippen molar-refractivity contribution in [2.75, 3.05) is 47.2 Å². The first-order valence-corrected chi connectivity index (χ1v) is 13.5. The quantitative estimate of drug-likeness (QED) is 0.425. The Hall–Kier alpha value is -4.19. The zero-order valence-electron chi connectivity index (χ0n) is 22.8. The summed E-state index contributed by atoms with van der Waals surface area (Å²) in [5, 5.41) is 12.8. The predicted octanol–water partition coefficient (Wildman–Crippen LogP) is 2.39. The number of amides is 1. The number of methoxy groups -OCH3 is 1. The molecule has 0 radical (unpaired) electrons. The highest BCUT2D eigenvalue weighted by molar-refractivity contribution is 5.98. The second kappa shape index (κ2) is 10.8. The molecule has 2 aromatic carbocycles. The Morgan fingerprint density at radius 2 is 1.93 bits per heavy atom. The Labute approximate surface area is 231 Å². The van der Waals surface area contributed by atoms with Gasteiger partial charge in [-0.25, -0.2) is 0 Å². The Morgan fingerprint density at radius 3 is 2.70 bits per heavy atom. The van der Waals surface area contributed by atoms with Crippen LogP contribution in [0.1, 0.15) is 53.1 Å². The summed E-state index contributed by atoms with van der Waals surface area (Å²) in [5.41, 5.74) is 3.07. The number of hydrogen-bond acceptors (Lipinski definition) is 10. The summed E-state index contributed by atoms with van der Waals surface area (Å²) in [6, 6.07) is 8.98. The van der Waals surface area contributed by atoms with Gasteiger partial charge < -0.3 is 23.8 Å². The first-order chi connectivity index (χ1) is 19.5. The van der Waals surface area contributed by atoms with Crippen LogP contribution in [0.15, 0.2) is 30.3 Å². The van der Waals surface area contributed by atoms with Crippen LogP contribution in [0.3, 0.4) is 0 Å². The molecule has 1 aromatic heterocycles. The third-order valence-electron chi connectivity index (χ3n) is 7.90. The molecule has 3 aromatic rings. The van der Waals surface area contributed by atoms with E-state index in [1.54, 1.807) is 29.7 Å². The van der Waals surface area contributed by atoms with Crippen molar-refractivity contribution in [3.8, 4) is 22.9 Å². The highest BCUT2D eigenvalue weighted by Crippen LogP contribution is 2.50. The summed E-state index contributed by atoms with van der Waals surface area (Å²) < 4.78 is 24.1. The highest BCUT2D eigenvalue weighted by atomic mass is 16.7. The maximum Gasteiger partial charge on any atom is 0.309 e. The van der Waals surface area contributed by atoms with Gasteiger partial charge in [-0.15, -0.1) is 5.10 Å². The number of likely N-dealkylation sites (N-methyl/N-ethyl adjacent to an activating group) is 1.